The molecule has 8 nitrogen and oxygen atoms in total. The van der Waals surface area contributed by atoms with E-state index in [1.54, 1.807) is 17.0 Å². The molecule has 0 spiro atoms. The molecule has 0 aliphatic carbocycles. The summed E-state index contributed by atoms with van der Waals surface area (Å²) in [5, 5.41) is 3.01. The second-order valence-corrected chi connectivity index (χ2v) is 7.92. The van der Waals surface area contributed by atoms with Gasteiger partial charge in [-0.05, 0) is 32.1 Å². The zero-order chi connectivity index (χ0) is 19.2. The number of hydrogen-bond donors (Lipinski definition) is 1. The molecule has 0 unspecified atom stereocenters. The monoisotopic (exact) mass is 421 g/mol. The lowest BCUT2D eigenvalue weighted by atomic mass is 10.2. The van der Waals surface area contributed by atoms with Gasteiger partial charge in [-0.2, -0.15) is 4.31 Å². The Hall–Kier alpha value is -1.55. The topological polar surface area (TPSA) is 88.2 Å². The molecular weight excluding hydrogens is 394 g/mol. The van der Waals surface area contributed by atoms with Crippen molar-refractivity contribution < 1.29 is 22.7 Å². The van der Waals surface area contributed by atoms with Crippen LogP contribution in [0.25, 0.3) is 0 Å². The molecule has 1 aromatic carbocycles. The highest BCUT2D eigenvalue weighted by atomic mass is 35.5. The Morgan fingerprint density at radius 2 is 1.81 bits per heavy atom. The Kier molecular flexibility index (Phi) is 9.31. The van der Waals surface area contributed by atoms with Gasteiger partial charge in [-0.1, -0.05) is 0 Å². The molecule has 1 fully saturated rings. The fourth-order valence-corrected chi connectivity index (χ4v) is 4.47. The number of carbonyl (C=O) groups excluding carboxylic acids is 1. The first-order valence-corrected chi connectivity index (χ1v) is 10.0. The number of amides is 1. The van der Waals surface area contributed by atoms with E-state index in [-0.39, 0.29) is 42.0 Å². The molecule has 1 N–H and O–H groups in total. The third kappa shape index (κ3) is 5.71. The Morgan fingerprint density at radius 1 is 1.15 bits per heavy atom. The lowest BCUT2D eigenvalue weighted by molar-refractivity contribution is -0.132. The van der Waals surface area contributed by atoms with Crippen molar-refractivity contribution in [2.24, 2.45) is 0 Å². The first-order valence-electron chi connectivity index (χ1n) is 8.58. The van der Waals surface area contributed by atoms with Crippen molar-refractivity contribution in [2.75, 3.05) is 54.0 Å². The van der Waals surface area contributed by atoms with E-state index in [1.165, 1.54) is 24.6 Å². The fraction of sp³-hybridized carbons (Fsp3) is 0.588. The van der Waals surface area contributed by atoms with Gasteiger partial charge in [0.1, 0.15) is 16.4 Å². The molecule has 1 aliphatic heterocycles. The van der Waals surface area contributed by atoms with Gasteiger partial charge in [-0.3, -0.25) is 4.79 Å². The van der Waals surface area contributed by atoms with E-state index in [1.807, 2.05) is 7.05 Å². The number of methoxy groups -OCH3 is 2. The number of halogens is 1. The molecule has 1 heterocycles. The maximum atomic E-state index is 13.0. The van der Waals surface area contributed by atoms with E-state index in [2.05, 4.69) is 5.32 Å². The minimum atomic E-state index is -3.73. The van der Waals surface area contributed by atoms with Gasteiger partial charge in [0.15, 0.2) is 0 Å². The summed E-state index contributed by atoms with van der Waals surface area (Å²) >= 11 is 0. The van der Waals surface area contributed by atoms with Gasteiger partial charge in [-0.25, -0.2) is 8.42 Å². The molecule has 1 aromatic rings. The van der Waals surface area contributed by atoms with Crippen LogP contribution in [0.1, 0.15) is 12.8 Å². The molecule has 0 aromatic heterocycles. The van der Waals surface area contributed by atoms with Crippen LogP contribution < -0.4 is 14.8 Å². The predicted molar refractivity (Wildman–Crippen MR) is 105 cm³/mol. The third-order valence-electron chi connectivity index (χ3n) is 4.40. The normalized spacial score (nSPS) is 15.1. The maximum Gasteiger partial charge on any atom is 0.247 e. The second kappa shape index (κ2) is 10.7. The van der Waals surface area contributed by atoms with E-state index in [0.29, 0.717) is 25.3 Å². The van der Waals surface area contributed by atoms with Crippen molar-refractivity contribution in [2.45, 2.75) is 17.7 Å². The fourth-order valence-electron chi connectivity index (χ4n) is 2.88. The standard InChI is InChI=1S/C17H27N3O5S.ClH/c1-18-8-4-5-17(21)19-9-11-20(12-10-19)26(22,23)16-13-14(24-2)6-7-15(16)25-3;/h6-7,13,18H,4-5,8-12H2,1-3H3;1H. The number of benzene rings is 1. The summed E-state index contributed by atoms with van der Waals surface area (Å²) in [5.41, 5.74) is 0. The number of sulfonamides is 1. The first-order chi connectivity index (χ1) is 12.4. The quantitative estimate of drug-likeness (QED) is 0.629. The zero-order valence-corrected chi connectivity index (χ0v) is 17.6. The Balaban J connectivity index is 0.00000364. The summed E-state index contributed by atoms with van der Waals surface area (Å²) < 4.78 is 37.7. The molecular formula is C17H28ClN3O5S. The zero-order valence-electron chi connectivity index (χ0n) is 15.9. The number of hydrogen-bond acceptors (Lipinski definition) is 6. The number of nitrogens with one attached hydrogen (secondary N) is 1. The van der Waals surface area contributed by atoms with Crippen molar-refractivity contribution in [3.63, 3.8) is 0 Å². The second-order valence-electron chi connectivity index (χ2n) is 6.01. The molecule has 2 rings (SSSR count). The van der Waals surface area contributed by atoms with Gasteiger partial charge in [-0.15, -0.1) is 12.4 Å². The lowest BCUT2D eigenvalue weighted by Crippen LogP contribution is -2.50. The highest BCUT2D eigenvalue weighted by molar-refractivity contribution is 7.89. The molecule has 1 saturated heterocycles. The molecule has 154 valence electrons. The molecule has 0 radical (unpaired) electrons. The molecule has 10 heteroatoms. The van der Waals surface area contributed by atoms with Crippen LogP contribution in [0.15, 0.2) is 23.1 Å². The van der Waals surface area contributed by atoms with Crippen molar-refractivity contribution in [3.8, 4) is 11.5 Å². The van der Waals surface area contributed by atoms with Crippen LogP contribution in [0.5, 0.6) is 11.5 Å². The van der Waals surface area contributed by atoms with Gasteiger partial charge >= 0.3 is 0 Å². The van der Waals surface area contributed by atoms with Crippen LogP contribution in [0.2, 0.25) is 0 Å². The van der Waals surface area contributed by atoms with Crippen LogP contribution in [0, 0.1) is 0 Å². The van der Waals surface area contributed by atoms with Crippen molar-refractivity contribution in [1.29, 1.82) is 0 Å². The van der Waals surface area contributed by atoms with E-state index in [4.69, 9.17) is 9.47 Å². The lowest BCUT2D eigenvalue weighted by Gasteiger charge is -2.34. The van der Waals surface area contributed by atoms with Crippen LogP contribution in [0.3, 0.4) is 0 Å². The molecule has 0 atom stereocenters. The van der Waals surface area contributed by atoms with Crippen molar-refractivity contribution in [1.82, 2.24) is 14.5 Å². The van der Waals surface area contributed by atoms with Crippen molar-refractivity contribution >= 4 is 28.3 Å². The van der Waals surface area contributed by atoms with Crippen LogP contribution in [-0.2, 0) is 14.8 Å². The highest BCUT2D eigenvalue weighted by Gasteiger charge is 2.32. The highest BCUT2D eigenvalue weighted by Crippen LogP contribution is 2.31. The smallest absolute Gasteiger partial charge is 0.247 e. The SMILES string of the molecule is CNCCCC(=O)N1CCN(S(=O)(=O)c2cc(OC)ccc2OC)CC1.Cl. The van der Waals surface area contributed by atoms with Gasteiger partial charge in [0.2, 0.25) is 15.9 Å². The Labute approximate surface area is 167 Å². The average molecular weight is 422 g/mol. The van der Waals surface area contributed by atoms with E-state index < -0.39 is 10.0 Å². The predicted octanol–water partition coefficient (Wildman–Crippen LogP) is 0.958. The summed E-state index contributed by atoms with van der Waals surface area (Å²) in [6.45, 7) is 2.10. The molecule has 0 saturated carbocycles. The number of ether oxygens (including phenoxy) is 2. The van der Waals surface area contributed by atoms with Gasteiger partial charge in [0.25, 0.3) is 0 Å². The number of rotatable bonds is 8. The van der Waals surface area contributed by atoms with Crippen LogP contribution >= 0.6 is 12.4 Å². The molecule has 1 aliphatic rings. The summed E-state index contributed by atoms with van der Waals surface area (Å²) in [6.07, 6.45) is 1.24. The van der Waals surface area contributed by atoms with E-state index in [9.17, 15) is 13.2 Å². The van der Waals surface area contributed by atoms with E-state index >= 15 is 0 Å². The summed E-state index contributed by atoms with van der Waals surface area (Å²) in [5.74, 6) is 0.787. The molecule has 1 amide bonds. The minimum absolute atomic E-state index is 0. The van der Waals surface area contributed by atoms with Crippen LogP contribution in [-0.4, -0.2) is 77.5 Å². The third-order valence-corrected chi connectivity index (χ3v) is 6.32. The Morgan fingerprint density at radius 3 is 2.37 bits per heavy atom. The summed E-state index contributed by atoms with van der Waals surface area (Å²) in [4.78, 5) is 14.0. The van der Waals surface area contributed by atoms with Gasteiger partial charge in [0.05, 0.1) is 14.2 Å². The van der Waals surface area contributed by atoms with Gasteiger partial charge in [0, 0.05) is 38.7 Å². The first kappa shape index (κ1) is 23.5. The average Bonchev–Trinajstić information content (AvgIpc) is 2.67. The Bertz CT molecular complexity index is 721. The van der Waals surface area contributed by atoms with Gasteiger partial charge < -0.3 is 19.7 Å². The largest absolute Gasteiger partial charge is 0.497 e. The van der Waals surface area contributed by atoms with E-state index in [0.717, 1.165) is 13.0 Å². The summed E-state index contributed by atoms with van der Waals surface area (Å²) in [6, 6.07) is 4.69. The minimum Gasteiger partial charge on any atom is -0.497 e. The van der Waals surface area contributed by atoms with Crippen LogP contribution in [0.4, 0.5) is 0 Å². The number of piperazine rings is 1. The summed E-state index contributed by atoms with van der Waals surface area (Å²) in [7, 11) is 1.04. The van der Waals surface area contributed by atoms with Crippen molar-refractivity contribution in [3.05, 3.63) is 18.2 Å². The number of nitrogens with zero attached hydrogens (tertiary/aromatic N) is 2. The molecule has 0 bridgehead atoms. The maximum absolute atomic E-state index is 13.0. The molecule has 27 heavy (non-hydrogen) atoms. The number of carbonyl (C=O) groups is 1.